The van der Waals surface area contributed by atoms with Crippen molar-refractivity contribution >= 4 is 34.2 Å². The Hall–Kier alpha value is -2.44. The Balaban J connectivity index is 1.57. The lowest BCUT2D eigenvalue weighted by atomic mass is 9.98. The van der Waals surface area contributed by atoms with Crippen LogP contribution in [0.3, 0.4) is 0 Å². The van der Waals surface area contributed by atoms with E-state index in [2.05, 4.69) is 33.9 Å². The van der Waals surface area contributed by atoms with Crippen LogP contribution in [0, 0.1) is 6.92 Å². The highest BCUT2D eigenvalue weighted by atomic mass is 32.1. The number of thiophene rings is 2. The molecule has 1 unspecified atom stereocenters. The summed E-state index contributed by atoms with van der Waals surface area (Å²) in [5, 5.41) is 4.21. The van der Waals surface area contributed by atoms with Crippen LogP contribution in [-0.4, -0.2) is 26.7 Å². The number of rotatable bonds is 2. The van der Waals surface area contributed by atoms with Crippen LogP contribution in [0.25, 0.3) is 5.65 Å². The number of carbonyl (C=O) groups is 1. The lowest BCUT2D eigenvalue weighted by Gasteiger charge is -2.35. The van der Waals surface area contributed by atoms with Crippen molar-refractivity contribution in [2.75, 3.05) is 6.54 Å². The molecule has 26 heavy (non-hydrogen) atoms. The molecule has 0 aliphatic carbocycles. The molecule has 4 aromatic rings. The summed E-state index contributed by atoms with van der Waals surface area (Å²) in [5.41, 5.74) is 3.72. The lowest BCUT2D eigenvalue weighted by molar-refractivity contribution is 0.0693. The van der Waals surface area contributed by atoms with Crippen molar-refractivity contribution < 1.29 is 4.79 Å². The Morgan fingerprint density at radius 2 is 2.15 bits per heavy atom. The molecule has 0 aromatic carbocycles. The third-order valence-electron chi connectivity index (χ3n) is 4.87. The second-order valence-electron chi connectivity index (χ2n) is 6.56. The van der Waals surface area contributed by atoms with Gasteiger partial charge in [0.15, 0.2) is 0 Å². The predicted octanol–water partition coefficient (Wildman–Crippen LogP) is 4.55. The summed E-state index contributed by atoms with van der Waals surface area (Å²) in [6, 6.07) is 10.4. The molecular formula is C20H17N3OS2. The molecule has 0 fully saturated rings. The highest BCUT2D eigenvalue weighted by Gasteiger charge is 2.34. The van der Waals surface area contributed by atoms with Gasteiger partial charge >= 0.3 is 0 Å². The fourth-order valence-corrected chi connectivity index (χ4v) is 5.38. The van der Waals surface area contributed by atoms with Crippen molar-refractivity contribution in [1.82, 2.24) is 14.3 Å². The first-order valence-corrected chi connectivity index (χ1v) is 10.3. The molecule has 0 saturated heterocycles. The Morgan fingerprint density at radius 1 is 1.23 bits per heavy atom. The zero-order chi connectivity index (χ0) is 17.7. The second-order valence-corrected chi connectivity index (χ2v) is 8.54. The van der Waals surface area contributed by atoms with Crippen LogP contribution in [-0.2, 0) is 6.42 Å². The van der Waals surface area contributed by atoms with E-state index in [1.165, 1.54) is 15.3 Å². The van der Waals surface area contributed by atoms with Gasteiger partial charge in [-0.15, -0.1) is 22.7 Å². The molecule has 1 amide bonds. The van der Waals surface area contributed by atoms with Crippen LogP contribution in [0.5, 0.6) is 0 Å². The monoisotopic (exact) mass is 379 g/mol. The summed E-state index contributed by atoms with van der Waals surface area (Å²) in [5.74, 6) is 0.00148. The smallest absolute Gasteiger partial charge is 0.274 e. The van der Waals surface area contributed by atoms with E-state index in [1.807, 2.05) is 40.8 Å². The van der Waals surface area contributed by atoms with Gasteiger partial charge in [-0.1, -0.05) is 6.07 Å². The van der Waals surface area contributed by atoms with E-state index in [0.29, 0.717) is 5.69 Å². The average molecular weight is 380 g/mol. The van der Waals surface area contributed by atoms with E-state index in [9.17, 15) is 4.79 Å². The molecule has 130 valence electrons. The highest BCUT2D eigenvalue weighted by molar-refractivity contribution is 7.10. The van der Waals surface area contributed by atoms with Crippen molar-refractivity contribution in [2.45, 2.75) is 19.4 Å². The summed E-state index contributed by atoms with van der Waals surface area (Å²) in [6.07, 6.45) is 4.71. The molecule has 5 heterocycles. The van der Waals surface area contributed by atoms with E-state index in [0.717, 1.165) is 24.2 Å². The predicted molar refractivity (Wildman–Crippen MR) is 105 cm³/mol. The van der Waals surface area contributed by atoms with Crippen molar-refractivity contribution in [3.8, 4) is 0 Å². The SMILES string of the molecule is Cc1ccn2cc(C(=O)N3CCc4sccc4C3c3cccs3)nc2c1. The van der Waals surface area contributed by atoms with E-state index >= 15 is 0 Å². The molecule has 1 aliphatic rings. The number of aromatic nitrogens is 2. The Labute approximate surface area is 159 Å². The maximum absolute atomic E-state index is 13.3. The quantitative estimate of drug-likeness (QED) is 0.512. The molecule has 5 rings (SSSR count). The topological polar surface area (TPSA) is 37.6 Å². The summed E-state index contributed by atoms with van der Waals surface area (Å²) in [6.45, 7) is 2.76. The first-order chi connectivity index (χ1) is 12.7. The lowest BCUT2D eigenvalue weighted by Crippen LogP contribution is -2.39. The molecule has 1 aliphatic heterocycles. The molecule has 0 radical (unpaired) electrons. The number of nitrogens with zero attached hydrogens (tertiary/aromatic N) is 3. The fourth-order valence-electron chi connectivity index (χ4n) is 3.62. The van der Waals surface area contributed by atoms with Crippen LogP contribution >= 0.6 is 22.7 Å². The van der Waals surface area contributed by atoms with E-state index < -0.39 is 0 Å². The van der Waals surface area contributed by atoms with Gasteiger partial charge in [0.2, 0.25) is 0 Å². The molecular weight excluding hydrogens is 362 g/mol. The summed E-state index contributed by atoms with van der Waals surface area (Å²) in [4.78, 5) is 22.5. The summed E-state index contributed by atoms with van der Waals surface area (Å²) in [7, 11) is 0. The normalized spacial score (nSPS) is 16.8. The van der Waals surface area contributed by atoms with Crippen molar-refractivity contribution in [2.24, 2.45) is 0 Å². The zero-order valence-electron chi connectivity index (χ0n) is 14.3. The van der Waals surface area contributed by atoms with Crippen LogP contribution in [0.4, 0.5) is 0 Å². The van der Waals surface area contributed by atoms with Crippen LogP contribution in [0.15, 0.2) is 53.5 Å². The Bertz CT molecular complexity index is 1090. The largest absolute Gasteiger partial charge is 0.325 e. The molecule has 4 nitrogen and oxygen atoms in total. The number of carbonyl (C=O) groups excluding carboxylic acids is 1. The molecule has 4 aromatic heterocycles. The zero-order valence-corrected chi connectivity index (χ0v) is 15.9. The molecule has 6 heteroatoms. The van der Waals surface area contributed by atoms with E-state index in [1.54, 1.807) is 22.7 Å². The minimum Gasteiger partial charge on any atom is -0.325 e. The van der Waals surface area contributed by atoms with Gasteiger partial charge in [0, 0.05) is 28.7 Å². The number of aryl methyl sites for hydroxylation is 1. The number of imidazole rings is 1. The van der Waals surface area contributed by atoms with Gasteiger partial charge in [0.05, 0.1) is 6.04 Å². The van der Waals surface area contributed by atoms with Crippen LogP contribution in [0.2, 0.25) is 0 Å². The van der Waals surface area contributed by atoms with Crippen molar-refractivity contribution in [3.05, 3.63) is 80.1 Å². The van der Waals surface area contributed by atoms with Crippen LogP contribution in [0.1, 0.15) is 37.4 Å². The van der Waals surface area contributed by atoms with E-state index in [-0.39, 0.29) is 11.9 Å². The van der Waals surface area contributed by atoms with Gasteiger partial charge in [0.1, 0.15) is 11.3 Å². The van der Waals surface area contributed by atoms with Crippen LogP contribution < -0.4 is 0 Å². The average Bonchev–Trinajstić information content (AvgIpc) is 3.38. The maximum atomic E-state index is 13.3. The first-order valence-electron chi connectivity index (χ1n) is 8.57. The van der Waals surface area contributed by atoms with Crippen molar-refractivity contribution in [3.63, 3.8) is 0 Å². The number of amides is 1. The van der Waals surface area contributed by atoms with Crippen molar-refractivity contribution in [1.29, 1.82) is 0 Å². The third-order valence-corrected chi connectivity index (χ3v) is 6.80. The second kappa shape index (κ2) is 6.07. The Kier molecular flexibility index (Phi) is 3.69. The minimum absolute atomic E-state index is 0.00148. The Morgan fingerprint density at radius 3 is 3.00 bits per heavy atom. The minimum atomic E-state index is -0.0101. The summed E-state index contributed by atoms with van der Waals surface area (Å²) < 4.78 is 1.92. The maximum Gasteiger partial charge on any atom is 0.274 e. The molecule has 0 N–H and O–H groups in total. The summed E-state index contributed by atoms with van der Waals surface area (Å²) >= 11 is 3.49. The molecule has 1 atom stereocenters. The number of fused-ring (bicyclic) bond motifs is 2. The molecule has 0 bridgehead atoms. The third kappa shape index (κ3) is 2.48. The van der Waals surface area contributed by atoms with Gasteiger partial charge in [-0.05, 0) is 59.5 Å². The highest BCUT2D eigenvalue weighted by Crippen LogP contribution is 2.40. The van der Waals surface area contributed by atoms with Gasteiger partial charge in [-0.2, -0.15) is 0 Å². The number of pyridine rings is 1. The number of hydrogen-bond donors (Lipinski definition) is 0. The first kappa shape index (κ1) is 15.8. The number of hydrogen-bond acceptors (Lipinski definition) is 4. The fraction of sp³-hybridized carbons (Fsp3) is 0.200. The molecule has 0 spiro atoms. The van der Waals surface area contributed by atoms with E-state index in [4.69, 9.17) is 0 Å². The van der Waals surface area contributed by atoms with Gasteiger partial charge in [-0.3, -0.25) is 4.79 Å². The standard InChI is InChI=1S/C20H17N3OS2/c1-13-4-7-22-12-15(21-18(22)11-13)20(24)23-8-5-16-14(6-10-26-16)19(23)17-3-2-9-25-17/h2-4,6-7,9-12,19H,5,8H2,1H3. The molecule has 0 saturated carbocycles. The van der Waals surface area contributed by atoms with Gasteiger partial charge < -0.3 is 9.30 Å². The van der Waals surface area contributed by atoms with Gasteiger partial charge in [0.25, 0.3) is 5.91 Å². The van der Waals surface area contributed by atoms with Gasteiger partial charge in [-0.25, -0.2) is 4.98 Å².